The molecular weight excluding hydrogens is 102 g/mol. The highest BCUT2D eigenvalue weighted by Crippen LogP contribution is 1.96. The van der Waals surface area contributed by atoms with Crippen LogP contribution in [0, 0.1) is 6.26 Å². The van der Waals surface area contributed by atoms with Crippen molar-refractivity contribution in [2.75, 3.05) is 7.05 Å². The van der Waals surface area contributed by atoms with Crippen LogP contribution in [0.4, 0.5) is 0 Å². The van der Waals surface area contributed by atoms with Crippen molar-refractivity contribution in [3.05, 3.63) is 24.2 Å². The summed E-state index contributed by atoms with van der Waals surface area (Å²) in [6.45, 7) is 0.781. The smallest absolute Gasteiger partial charge is 0.169 e. The normalized spacial score (nSPS) is 9.62. The lowest BCUT2D eigenvalue weighted by Crippen LogP contribution is -2.03. The number of nitrogens with one attached hydrogen (secondary N) is 1. The van der Waals surface area contributed by atoms with Crippen LogP contribution in [0.5, 0.6) is 0 Å². The molecule has 1 aromatic rings. The number of hydrogen-bond acceptors (Lipinski definition) is 2. The molecule has 2 nitrogen and oxygen atoms in total. The fourth-order valence-electron chi connectivity index (χ4n) is 0.540. The maximum absolute atomic E-state index is 4.89. The van der Waals surface area contributed by atoms with Crippen LogP contribution < -0.4 is 5.32 Å². The summed E-state index contributed by atoms with van der Waals surface area (Å²) in [7, 11) is 1.88. The Kier molecular flexibility index (Phi) is 1.70. The summed E-state index contributed by atoms with van der Waals surface area (Å²) in [5, 5.41) is 2.96. The highest BCUT2D eigenvalue weighted by molar-refractivity contribution is 4.95. The van der Waals surface area contributed by atoms with E-state index in [1.807, 2.05) is 13.1 Å². The molecule has 0 aliphatic rings. The first-order valence-electron chi connectivity index (χ1n) is 2.53. The molecule has 0 saturated carbocycles. The maximum atomic E-state index is 4.89. The first-order valence-corrected chi connectivity index (χ1v) is 2.53. The Morgan fingerprint density at radius 2 is 2.75 bits per heavy atom. The Bertz CT molecular complexity index is 134. The molecule has 0 aromatic carbocycles. The Labute approximate surface area is 48.5 Å². The molecule has 1 rings (SSSR count). The SMILES string of the molecule is CNCc1cc[c]o1. The van der Waals surface area contributed by atoms with Gasteiger partial charge in [0.2, 0.25) is 0 Å². The molecule has 0 fully saturated rings. The van der Waals surface area contributed by atoms with Crippen LogP contribution in [0.1, 0.15) is 5.76 Å². The fourth-order valence-corrected chi connectivity index (χ4v) is 0.540. The van der Waals surface area contributed by atoms with E-state index < -0.39 is 0 Å². The van der Waals surface area contributed by atoms with Gasteiger partial charge in [-0.1, -0.05) is 0 Å². The Balaban J connectivity index is 2.50. The average Bonchev–Trinajstić information content (AvgIpc) is 2.19. The molecule has 0 saturated heterocycles. The molecule has 1 aromatic heterocycles. The quantitative estimate of drug-likeness (QED) is 0.609. The topological polar surface area (TPSA) is 25.2 Å². The van der Waals surface area contributed by atoms with E-state index in [4.69, 9.17) is 4.42 Å². The average molecular weight is 110 g/mol. The molecule has 1 heterocycles. The van der Waals surface area contributed by atoms with Gasteiger partial charge in [-0.15, -0.1) is 0 Å². The predicted molar refractivity (Wildman–Crippen MR) is 30.3 cm³/mol. The largest absolute Gasteiger partial charge is 0.456 e. The number of rotatable bonds is 2. The van der Waals surface area contributed by atoms with Gasteiger partial charge >= 0.3 is 0 Å². The lowest BCUT2D eigenvalue weighted by molar-refractivity contribution is 0.488. The summed E-state index contributed by atoms with van der Waals surface area (Å²) in [6, 6.07) is 3.64. The molecule has 2 heteroatoms. The molecule has 0 aliphatic carbocycles. The van der Waals surface area contributed by atoms with Gasteiger partial charge in [0.25, 0.3) is 0 Å². The van der Waals surface area contributed by atoms with Crippen LogP contribution >= 0.6 is 0 Å². The van der Waals surface area contributed by atoms with Gasteiger partial charge in [-0.25, -0.2) is 0 Å². The van der Waals surface area contributed by atoms with Crippen molar-refractivity contribution >= 4 is 0 Å². The summed E-state index contributed by atoms with van der Waals surface area (Å²) in [6.07, 6.45) is 2.60. The second-order valence-electron chi connectivity index (χ2n) is 1.55. The second kappa shape index (κ2) is 2.52. The van der Waals surface area contributed by atoms with Gasteiger partial charge in [-0.2, -0.15) is 0 Å². The molecule has 8 heavy (non-hydrogen) atoms. The van der Waals surface area contributed by atoms with E-state index in [1.54, 1.807) is 6.07 Å². The minimum atomic E-state index is 0.781. The molecule has 43 valence electrons. The van der Waals surface area contributed by atoms with Crippen molar-refractivity contribution in [3.8, 4) is 0 Å². The first-order chi connectivity index (χ1) is 3.93. The zero-order valence-corrected chi connectivity index (χ0v) is 4.77. The van der Waals surface area contributed by atoms with Crippen LogP contribution in [0.15, 0.2) is 16.5 Å². The van der Waals surface area contributed by atoms with Crippen LogP contribution in [-0.2, 0) is 6.54 Å². The maximum Gasteiger partial charge on any atom is 0.169 e. The van der Waals surface area contributed by atoms with Crippen molar-refractivity contribution in [2.24, 2.45) is 0 Å². The van der Waals surface area contributed by atoms with E-state index in [0.29, 0.717) is 0 Å². The van der Waals surface area contributed by atoms with Gasteiger partial charge in [-0.05, 0) is 19.2 Å². The van der Waals surface area contributed by atoms with E-state index in [9.17, 15) is 0 Å². The predicted octanol–water partition coefficient (Wildman–Crippen LogP) is 0.799. The van der Waals surface area contributed by atoms with Crippen molar-refractivity contribution in [3.63, 3.8) is 0 Å². The standard InChI is InChI=1S/C6H8NO/c1-7-5-6-3-2-4-8-6/h2-3,7H,5H2,1H3. The van der Waals surface area contributed by atoms with Crippen LogP contribution in [0.3, 0.4) is 0 Å². The van der Waals surface area contributed by atoms with E-state index in [-0.39, 0.29) is 0 Å². The highest BCUT2D eigenvalue weighted by Gasteiger charge is 1.88. The molecule has 0 amide bonds. The molecular formula is C6H8NO. The van der Waals surface area contributed by atoms with E-state index >= 15 is 0 Å². The van der Waals surface area contributed by atoms with Crippen LogP contribution in [0.2, 0.25) is 0 Å². The summed E-state index contributed by atoms with van der Waals surface area (Å²) in [5.74, 6) is 0.924. The van der Waals surface area contributed by atoms with Gasteiger partial charge < -0.3 is 9.73 Å². The molecule has 0 spiro atoms. The molecule has 0 bridgehead atoms. The van der Waals surface area contributed by atoms with Gasteiger partial charge in [0.05, 0.1) is 6.54 Å². The molecule has 1 radical (unpaired) electrons. The minimum absolute atomic E-state index is 0.781. The third-order valence-corrected chi connectivity index (χ3v) is 0.878. The monoisotopic (exact) mass is 110 g/mol. The Hall–Kier alpha value is -0.760. The first kappa shape index (κ1) is 5.38. The Morgan fingerprint density at radius 3 is 3.25 bits per heavy atom. The van der Waals surface area contributed by atoms with Crippen molar-refractivity contribution in [1.29, 1.82) is 0 Å². The van der Waals surface area contributed by atoms with E-state index in [0.717, 1.165) is 12.3 Å². The molecule has 0 unspecified atom stereocenters. The summed E-state index contributed by atoms with van der Waals surface area (Å²) in [4.78, 5) is 0. The molecule has 1 N–H and O–H groups in total. The zero-order chi connectivity index (χ0) is 5.82. The van der Waals surface area contributed by atoms with Crippen molar-refractivity contribution < 1.29 is 4.42 Å². The van der Waals surface area contributed by atoms with Gasteiger partial charge in [0.1, 0.15) is 5.76 Å². The highest BCUT2D eigenvalue weighted by atomic mass is 16.3. The van der Waals surface area contributed by atoms with Gasteiger partial charge in [0.15, 0.2) is 6.26 Å². The minimum Gasteiger partial charge on any atom is -0.456 e. The second-order valence-corrected chi connectivity index (χ2v) is 1.55. The van der Waals surface area contributed by atoms with Gasteiger partial charge in [0, 0.05) is 0 Å². The third kappa shape index (κ3) is 1.10. The molecule has 0 aliphatic heterocycles. The summed E-state index contributed by atoms with van der Waals surface area (Å²) in [5.41, 5.74) is 0. The van der Waals surface area contributed by atoms with E-state index in [2.05, 4.69) is 11.6 Å². The zero-order valence-electron chi connectivity index (χ0n) is 4.77. The fraction of sp³-hybridized carbons (Fsp3) is 0.333. The van der Waals surface area contributed by atoms with Crippen molar-refractivity contribution in [1.82, 2.24) is 5.32 Å². The summed E-state index contributed by atoms with van der Waals surface area (Å²) >= 11 is 0. The number of hydrogen-bond donors (Lipinski definition) is 1. The van der Waals surface area contributed by atoms with Crippen LogP contribution in [-0.4, -0.2) is 7.05 Å². The number of furan rings is 1. The Morgan fingerprint density at radius 1 is 1.88 bits per heavy atom. The van der Waals surface area contributed by atoms with E-state index in [1.165, 1.54) is 0 Å². The summed E-state index contributed by atoms with van der Waals surface area (Å²) < 4.78 is 4.89. The lowest BCUT2D eigenvalue weighted by Gasteiger charge is -1.88. The van der Waals surface area contributed by atoms with Crippen molar-refractivity contribution in [2.45, 2.75) is 6.54 Å². The lowest BCUT2D eigenvalue weighted by atomic mass is 10.4. The van der Waals surface area contributed by atoms with Gasteiger partial charge in [-0.3, -0.25) is 0 Å². The third-order valence-electron chi connectivity index (χ3n) is 0.878. The van der Waals surface area contributed by atoms with Crippen LogP contribution in [0.25, 0.3) is 0 Å². The molecule has 0 atom stereocenters.